The summed E-state index contributed by atoms with van der Waals surface area (Å²) < 4.78 is 0. The van der Waals surface area contributed by atoms with Crippen molar-refractivity contribution >= 4 is 5.91 Å². The van der Waals surface area contributed by atoms with Crippen LogP contribution in [0.2, 0.25) is 0 Å². The van der Waals surface area contributed by atoms with E-state index in [1.54, 1.807) is 6.92 Å². The van der Waals surface area contributed by atoms with E-state index in [1.165, 1.54) is 19.3 Å². The highest BCUT2D eigenvalue weighted by Gasteiger charge is 2.35. The predicted octanol–water partition coefficient (Wildman–Crippen LogP) is 1.23. The van der Waals surface area contributed by atoms with Gasteiger partial charge < -0.3 is 10.0 Å². The summed E-state index contributed by atoms with van der Waals surface area (Å²) in [5, 5.41) is 9.78. The van der Waals surface area contributed by atoms with Gasteiger partial charge in [-0.15, -0.1) is 0 Å². The summed E-state index contributed by atoms with van der Waals surface area (Å²) in [6, 6.07) is 0.955. The third kappa shape index (κ3) is 3.45. The molecule has 0 aromatic carbocycles. The van der Waals surface area contributed by atoms with Crippen molar-refractivity contribution in [2.45, 2.75) is 64.1 Å². The fourth-order valence-corrected chi connectivity index (χ4v) is 2.89. The van der Waals surface area contributed by atoms with E-state index in [2.05, 4.69) is 4.90 Å². The number of carbonyl (C=O) groups is 1. The number of nitrogens with zero attached hydrogens (tertiary/aromatic N) is 2. The molecule has 1 amide bonds. The van der Waals surface area contributed by atoms with Crippen LogP contribution in [0.25, 0.3) is 0 Å². The van der Waals surface area contributed by atoms with Gasteiger partial charge in [-0.25, -0.2) is 0 Å². The van der Waals surface area contributed by atoms with Crippen LogP contribution in [0.4, 0.5) is 0 Å². The van der Waals surface area contributed by atoms with Crippen LogP contribution in [0.3, 0.4) is 0 Å². The van der Waals surface area contributed by atoms with Crippen LogP contribution in [-0.4, -0.2) is 58.6 Å². The molecule has 0 aromatic rings. The standard InChI is InChI=1S/C14H26N2O2/c1-3-14(18)10-15-8-4-5-13(15)9-16(11(2)17)12-6-7-12/h12-14,18H,3-10H2,1-2H3/t13-,14+/m0/s1. The van der Waals surface area contributed by atoms with E-state index >= 15 is 0 Å². The molecule has 0 spiro atoms. The number of rotatable bonds is 6. The highest BCUT2D eigenvalue weighted by Crippen LogP contribution is 2.29. The summed E-state index contributed by atoms with van der Waals surface area (Å²) in [5.74, 6) is 0.209. The molecular weight excluding hydrogens is 228 g/mol. The second-order valence-corrected chi connectivity index (χ2v) is 5.76. The van der Waals surface area contributed by atoms with E-state index in [9.17, 15) is 9.90 Å². The van der Waals surface area contributed by atoms with Gasteiger partial charge in [0.15, 0.2) is 0 Å². The van der Waals surface area contributed by atoms with E-state index in [4.69, 9.17) is 0 Å². The van der Waals surface area contributed by atoms with Crippen molar-refractivity contribution in [2.75, 3.05) is 19.6 Å². The van der Waals surface area contributed by atoms with Crippen molar-refractivity contribution in [3.63, 3.8) is 0 Å². The van der Waals surface area contributed by atoms with Crippen molar-refractivity contribution < 1.29 is 9.90 Å². The molecule has 1 heterocycles. The maximum Gasteiger partial charge on any atom is 0.219 e. The van der Waals surface area contributed by atoms with Gasteiger partial charge in [-0.3, -0.25) is 9.69 Å². The fourth-order valence-electron chi connectivity index (χ4n) is 2.89. The number of β-amino-alcohol motifs (C(OH)–C–C–N with tert-alkyl or cyclic N) is 1. The second kappa shape index (κ2) is 6.02. The van der Waals surface area contributed by atoms with Gasteiger partial charge in [0.2, 0.25) is 5.91 Å². The van der Waals surface area contributed by atoms with Crippen molar-refractivity contribution in [3.05, 3.63) is 0 Å². The Morgan fingerprint density at radius 3 is 2.72 bits per heavy atom. The molecule has 4 heteroatoms. The minimum Gasteiger partial charge on any atom is -0.392 e. The number of likely N-dealkylation sites (tertiary alicyclic amines) is 1. The Bertz CT molecular complexity index is 292. The number of hydrogen-bond acceptors (Lipinski definition) is 3. The van der Waals surface area contributed by atoms with Gasteiger partial charge in [0.1, 0.15) is 0 Å². The molecule has 4 nitrogen and oxygen atoms in total. The lowest BCUT2D eigenvalue weighted by atomic mass is 10.2. The molecule has 1 aliphatic heterocycles. The van der Waals surface area contributed by atoms with Gasteiger partial charge in [0, 0.05) is 32.1 Å². The molecule has 0 unspecified atom stereocenters. The van der Waals surface area contributed by atoms with Gasteiger partial charge >= 0.3 is 0 Å². The van der Waals surface area contributed by atoms with Crippen LogP contribution >= 0.6 is 0 Å². The average molecular weight is 254 g/mol. The number of aliphatic hydroxyl groups is 1. The molecule has 1 aliphatic carbocycles. The van der Waals surface area contributed by atoms with Crippen molar-refractivity contribution in [2.24, 2.45) is 0 Å². The molecule has 0 radical (unpaired) electrons. The molecule has 0 aromatic heterocycles. The Labute approximate surface area is 110 Å². The maximum atomic E-state index is 11.7. The molecular formula is C14H26N2O2. The third-order valence-corrected chi connectivity index (χ3v) is 4.22. The van der Waals surface area contributed by atoms with E-state index in [0.29, 0.717) is 12.1 Å². The largest absolute Gasteiger partial charge is 0.392 e. The van der Waals surface area contributed by atoms with Crippen molar-refractivity contribution in [3.8, 4) is 0 Å². The molecule has 1 saturated carbocycles. The second-order valence-electron chi connectivity index (χ2n) is 5.76. The number of amides is 1. The van der Waals surface area contributed by atoms with E-state index in [1.807, 2.05) is 11.8 Å². The first kappa shape index (κ1) is 13.8. The first-order valence-electron chi connectivity index (χ1n) is 7.31. The lowest BCUT2D eigenvalue weighted by Crippen LogP contribution is -2.45. The summed E-state index contributed by atoms with van der Waals surface area (Å²) in [7, 11) is 0. The van der Waals surface area contributed by atoms with E-state index in [0.717, 1.165) is 32.5 Å². The SMILES string of the molecule is CC[C@@H](O)CN1CCC[C@H]1CN(C(C)=O)C1CC1. The van der Waals surface area contributed by atoms with Gasteiger partial charge in [0.05, 0.1) is 6.10 Å². The Morgan fingerprint density at radius 2 is 2.17 bits per heavy atom. The first-order chi connectivity index (χ1) is 8.61. The Hall–Kier alpha value is -0.610. The van der Waals surface area contributed by atoms with E-state index in [-0.39, 0.29) is 12.0 Å². The lowest BCUT2D eigenvalue weighted by Gasteiger charge is -2.31. The lowest BCUT2D eigenvalue weighted by molar-refractivity contribution is -0.130. The van der Waals surface area contributed by atoms with Crippen molar-refractivity contribution in [1.29, 1.82) is 0 Å². The van der Waals surface area contributed by atoms with Gasteiger partial charge in [-0.1, -0.05) is 6.92 Å². The zero-order chi connectivity index (χ0) is 13.1. The highest BCUT2D eigenvalue weighted by atomic mass is 16.3. The van der Waals surface area contributed by atoms with E-state index < -0.39 is 0 Å². The molecule has 18 heavy (non-hydrogen) atoms. The molecule has 1 N–H and O–H groups in total. The zero-order valence-corrected chi connectivity index (χ0v) is 11.6. The predicted molar refractivity (Wildman–Crippen MR) is 71.3 cm³/mol. The van der Waals surface area contributed by atoms with Crippen LogP contribution in [0.15, 0.2) is 0 Å². The molecule has 2 atom stereocenters. The number of hydrogen-bond donors (Lipinski definition) is 1. The molecule has 1 saturated heterocycles. The summed E-state index contributed by atoms with van der Waals surface area (Å²) in [5.41, 5.74) is 0. The Morgan fingerprint density at radius 1 is 1.44 bits per heavy atom. The Kier molecular flexibility index (Phi) is 4.62. The van der Waals surface area contributed by atoms with Gasteiger partial charge in [-0.05, 0) is 38.6 Å². The molecule has 2 aliphatic rings. The van der Waals surface area contributed by atoms with Crippen LogP contribution in [0, 0.1) is 0 Å². The summed E-state index contributed by atoms with van der Waals surface area (Å²) in [6.45, 7) is 6.38. The summed E-state index contributed by atoms with van der Waals surface area (Å²) >= 11 is 0. The van der Waals surface area contributed by atoms with Crippen LogP contribution in [0.1, 0.15) is 46.0 Å². The minimum atomic E-state index is -0.225. The average Bonchev–Trinajstić information content (AvgIpc) is 3.08. The molecule has 2 fully saturated rings. The zero-order valence-electron chi connectivity index (χ0n) is 11.6. The monoisotopic (exact) mass is 254 g/mol. The summed E-state index contributed by atoms with van der Waals surface area (Å²) in [6.07, 6.45) is 5.28. The van der Waals surface area contributed by atoms with Crippen LogP contribution < -0.4 is 0 Å². The summed E-state index contributed by atoms with van der Waals surface area (Å²) in [4.78, 5) is 16.1. The number of aliphatic hydroxyl groups excluding tert-OH is 1. The topological polar surface area (TPSA) is 43.8 Å². The Balaban J connectivity index is 1.88. The molecule has 0 bridgehead atoms. The normalized spacial score (nSPS) is 26.3. The minimum absolute atomic E-state index is 0.209. The molecule has 2 rings (SSSR count). The van der Waals surface area contributed by atoms with Crippen LogP contribution in [0.5, 0.6) is 0 Å². The third-order valence-electron chi connectivity index (χ3n) is 4.22. The number of carbonyl (C=O) groups excluding carboxylic acids is 1. The highest BCUT2D eigenvalue weighted by molar-refractivity contribution is 5.74. The first-order valence-corrected chi connectivity index (χ1v) is 7.31. The van der Waals surface area contributed by atoms with Gasteiger partial charge in [0.25, 0.3) is 0 Å². The quantitative estimate of drug-likeness (QED) is 0.775. The molecule has 104 valence electrons. The van der Waals surface area contributed by atoms with Crippen LogP contribution in [-0.2, 0) is 4.79 Å². The van der Waals surface area contributed by atoms with Gasteiger partial charge in [-0.2, -0.15) is 0 Å². The smallest absolute Gasteiger partial charge is 0.219 e. The van der Waals surface area contributed by atoms with Crippen molar-refractivity contribution in [1.82, 2.24) is 9.80 Å². The fraction of sp³-hybridized carbons (Fsp3) is 0.929. The maximum absolute atomic E-state index is 11.7.